The molecule has 1 fully saturated rings. The highest BCUT2D eigenvalue weighted by atomic mass is 35.5. The quantitative estimate of drug-likeness (QED) is 0.881. The summed E-state index contributed by atoms with van der Waals surface area (Å²) in [6.45, 7) is 0. The van der Waals surface area contributed by atoms with Crippen molar-refractivity contribution in [3.63, 3.8) is 0 Å². The smallest absolute Gasteiger partial charge is 0.139 e. The number of rotatable bonds is 2. The minimum Gasteiger partial charge on any atom is -0.487 e. The fraction of sp³-hybridized carbons (Fsp3) is 0.500. The molecule has 2 N–H and O–H groups in total. The average Bonchev–Trinajstić information content (AvgIpc) is 2.28. The van der Waals surface area contributed by atoms with Crippen LogP contribution in [0.2, 0.25) is 10.0 Å². The molecule has 0 radical (unpaired) electrons. The molecule has 88 valence electrons. The molecule has 1 saturated carbocycles. The van der Waals surface area contributed by atoms with Crippen molar-refractivity contribution in [1.29, 1.82) is 0 Å². The van der Waals surface area contributed by atoms with E-state index in [1.165, 1.54) is 6.42 Å². The summed E-state index contributed by atoms with van der Waals surface area (Å²) in [4.78, 5) is 0. The van der Waals surface area contributed by atoms with Crippen LogP contribution in [-0.4, -0.2) is 12.1 Å². The van der Waals surface area contributed by atoms with Crippen molar-refractivity contribution in [3.05, 3.63) is 28.2 Å². The Morgan fingerprint density at radius 2 is 1.94 bits per heavy atom. The molecule has 16 heavy (non-hydrogen) atoms. The number of ether oxygens (including phenoxy) is 1. The summed E-state index contributed by atoms with van der Waals surface area (Å²) in [5, 5.41) is 0.991. The summed E-state index contributed by atoms with van der Waals surface area (Å²) in [6, 6.07) is 5.51. The second-order valence-corrected chi connectivity index (χ2v) is 4.94. The summed E-state index contributed by atoms with van der Waals surface area (Å²) >= 11 is 12.0. The highest BCUT2D eigenvalue weighted by Gasteiger charge is 2.24. The molecular formula is C12H15Cl2NO. The first kappa shape index (κ1) is 12.0. The summed E-state index contributed by atoms with van der Waals surface area (Å²) in [6.07, 6.45) is 4.41. The van der Waals surface area contributed by atoms with Gasteiger partial charge in [-0.05, 0) is 31.4 Å². The number of nitrogens with two attached hydrogens (primary N) is 1. The van der Waals surface area contributed by atoms with Gasteiger partial charge in [-0.3, -0.25) is 0 Å². The van der Waals surface area contributed by atoms with Gasteiger partial charge in [0.1, 0.15) is 16.9 Å². The van der Waals surface area contributed by atoms with Crippen LogP contribution in [-0.2, 0) is 0 Å². The first-order valence-electron chi connectivity index (χ1n) is 5.54. The highest BCUT2D eigenvalue weighted by molar-refractivity contribution is 6.42. The summed E-state index contributed by atoms with van der Waals surface area (Å²) < 4.78 is 5.84. The topological polar surface area (TPSA) is 35.2 Å². The Morgan fingerprint density at radius 3 is 2.69 bits per heavy atom. The lowest BCUT2D eigenvalue weighted by atomic mass is 9.93. The standard InChI is InChI=1S/C12H15Cl2NO/c13-8-4-3-7-11(12(8)14)16-10-6-2-1-5-9(10)15/h3-4,7,9-10H,1-2,5-6,15H2. The van der Waals surface area contributed by atoms with Gasteiger partial charge in [0.05, 0.1) is 5.02 Å². The van der Waals surface area contributed by atoms with Crippen molar-refractivity contribution in [1.82, 2.24) is 0 Å². The molecule has 2 nitrogen and oxygen atoms in total. The van der Waals surface area contributed by atoms with E-state index in [1.807, 2.05) is 12.1 Å². The van der Waals surface area contributed by atoms with Gasteiger partial charge in [-0.15, -0.1) is 0 Å². The maximum Gasteiger partial charge on any atom is 0.139 e. The maximum absolute atomic E-state index is 6.06. The van der Waals surface area contributed by atoms with Gasteiger partial charge in [-0.25, -0.2) is 0 Å². The van der Waals surface area contributed by atoms with E-state index in [-0.39, 0.29) is 12.1 Å². The molecule has 0 saturated heterocycles. The summed E-state index contributed by atoms with van der Waals surface area (Å²) in [5.41, 5.74) is 6.01. The zero-order valence-electron chi connectivity index (χ0n) is 8.96. The van der Waals surface area contributed by atoms with Crippen LogP contribution in [0, 0.1) is 0 Å². The van der Waals surface area contributed by atoms with Gasteiger partial charge in [-0.1, -0.05) is 35.7 Å². The molecule has 2 unspecified atom stereocenters. The Balaban J connectivity index is 2.10. The zero-order valence-corrected chi connectivity index (χ0v) is 10.5. The molecule has 0 bridgehead atoms. The lowest BCUT2D eigenvalue weighted by Gasteiger charge is -2.29. The van der Waals surface area contributed by atoms with E-state index >= 15 is 0 Å². The number of hydrogen-bond acceptors (Lipinski definition) is 2. The minimum absolute atomic E-state index is 0.0599. The molecule has 1 aliphatic carbocycles. The molecule has 0 aliphatic heterocycles. The molecule has 2 atom stereocenters. The second-order valence-electron chi connectivity index (χ2n) is 4.16. The van der Waals surface area contributed by atoms with Crippen molar-refractivity contribution in [2.24, 2.45) is 5.73 Å². The third-order valence-electron chi connectivity index (χ3n) is 2.95. The predicted octanol–water partition coefficient (Wildman–Crippen LogP) is 3.64. The van der Waals surface area contributed by atoms with Crippen LogP contribution in [0.4, 0.5) is 0 Å². The van der Waals surface area contributed by atoms with Gasteiger partial charge in [-0.2, -0.15) is 0 Å². The van der Waals surface area contributed by atoms with Crippen LogP contribution >= 0.6 is 23.2 Å². The molecule has 1 aromatic rings. The lowest BCUT2D eigenvalue weighted by molar-refractivity contribution is 0.132. The lowest BCUT2D eigenvalue weighted by Crippen LogP contribution is -2.41. The van der Waals surface area contributed by atoms with E-state index in [4.69, 9.17) is 33.7 Å². The van der Waals surface area contributed by atoms with Gasteiger partial charge < -0.3 is 10.5 Å². The molecule has 2 rings (SSSR count). The monoisotopic (exact) mass is 259 g/mol. The fourth-order valence-corrected chi connectivity index (χ4v) is 2.35. The second kappa shape index (κ2) is 5.26. The Bertz CT molecular complexity index is 370. The number of hydrogen-bond donors (Lipinski definition) is 1. The van der Waals surface area contributed by atoms with Crippen LogP contribution in [0.3, 0.4) is 0 Å². The number of halogens is 2. The van der Waals surface area contributed by atoms with E-state index in [0.717, 1.165) is 19.3 Å². The zero-order chi connectivity index (χ0) is 11.5. The largest absolute Gasteiger partial charge is 0.487 e. The molecule has 1 aliphatic rings. The van der Waals surface area contributed by atoms with Crippen molar-refractivity contribution in [2.45, 2.75) is 37.8 Å². The molecule has 0 aromatic heterocycles. The summed E-state index contributed by atoms with van der Waals surface area (Å²) in [5.74, 6) is 0.636. The highest BCUT2D eigenvalue weighted by Crippen LogP contribution is 2.33. The van der Waals surface area contributed by atoms with Crippen LogP contribution in [0.1, 0.15) is 25.7 Å². The van der Waals surface area contributed by atoms with Crippen LogP contribution < -0.4 is 10.5 Å². The van der Waals surface area contributed by atoms with Gasteiger partial charge >= 0.3 is 0 Å². The summed E-state index contributed by atoms with van der Waals surface area (Å²) in [7, 11) is 0. The van der Waals surface area contributed by atoms with Crippen molar-refractivity contribution in [3.8, 4) is 5.75 Å². The predicted molar refractivity (Wildman–Crippen MR) is 67.3 cm³/mol. The third-order valence-corrected chi connectivity index (χ3v) is 3.75. The third kappa shape index (κ3) is 2.62. The van der Waals surface area contributed by atoms with Gasteiger partial charge in [0.2, 0.25) is 0 Å². The molecule has 4 heteroatoms. The van der Waals surface area contributed by atoms with E-state index in [1.54, 1.807) is 6.07 Å². The van der Waals surface area contributed by atoms with E-state index in [2.05, 4.69) is 0 Å². The van der Waals surface area contributed by atoms with Gasteiger partial charge in [0, 0.05) is 6.04 Å². The fourth-order valence-electron chi connectivity index (χ4n) is 2.01. The van der Waals surface area contributed by atoms with Crippen LogP contribution in [0.5, 0.6) is 5.75 Å². The Labute approximate surface area is 106 Å². The molecule has 0 heterocycles. The van der Waals surface area contributed by atoms with Gasteiger partial charge in [0.15, 0.2) is 0 Å². The Morgan fingerprint density at radius 1 is 1.19 bits per heavy atom. The normalized spacial score (nSPS) is 25.4. The first-order valence-corrected chi connectivity index (χ1v) is 6.30. The number of benzene rings is 1. The average molecular weight is 260 g/mol. The maximum atomic E-state index is 6.06. The van der Waals surface area contributed by atoms with E-state index in [0.29, 0.717) is 15.8 Å². The SMILES string of the molecule is NC1CCCCC1Oc1cccc(Cl)c1Cl. The van der Waals surface area contributed by atoms with Crippen molar-refractivity contribution in [2.75, 3.05) is 0 Å². The van der Waals surface area contributed by atoms with E-state index < -0.39 is 0 Å². The molecular weight excluding hydrogens is 245 g/mol. The molecule has 0 spiro atoms. The van der Waals surface area contributed by atoms with Crippen molar-refractivity contribution < 1.29 is 4.74 Å². The Kier molecular flexibility index (Phi) is 3.95. The first-order chi connectivity index (χ1) is 7.68. The molecule has 1 aromatic carbocycles. The Hall–Kier alpha value is -0.440. The molecule has 0 amide bonds. The van der Waals surface area contributed by atoms with Crippen LogP contribution in [0.25, 0.3) is 0 Å². The van der Waals surface area contributed by atoms with Gasteiger partial charge in [0.25, 0.3) is 0 Å². The van der Waals surface area contributed by atoms with E-state index in [9.17, 15) is 0 Å². The van der Waals surface area contributed by atoms with Crippen LogP contribution in [0.15, 0.2) is 18.2 Å². The van der Waals surface area contributed by atoms with Crippen molar-refractivity contribution >= 4 is 23.2 Å². The minimum atomic E-state index is 0.0599.